The molecule has 0 radical (unpaired) electrons. The molecule has 1 aromatic heterocycles. The molecule has 1 aliphatic rings. The lowest BCUT2D eigenvalue weighted by Crippen LogP contribution is -2.24. The molecule has 0 amide bonds. The van der Waals surface area contributed by atoms with E-state index in [4.69, 9.17) is 4.74 Å². The molecule has 2 heterocycles. The summed E-state index contributed by atoms with van der Waals surface area (Å²) in [6.07, 6.45) is 4.49. The summed E-state index contributed by atoms with van der Waals surface area (Å²) in [6.45, 7) is 2.03. The number of hydrogen-bond acceptors (Lipinski definition) is 5. The van der Waals surface area contributed by atoms with Crippen molar-refractivity contribution >= 4 is 5.69 Å². The minimum Gasteiger partial charge on any atom is -0.372 e. The van der Waals surface area contributed by atoms with Gasteiger partial charge in [-0.05, 0) is 36.2 Å². The molecule has 0 aliphatic carbocycles. The zero-order valence-electron chi connectivity index (χ0n) is 12.6. The smallest absolute Gasteiger partial charge is 0.101 e. The summed E-state index contributed by atoms with van der Waals surface area (Å²) < 4.78 is 5.95. The van der Waals surface area contributed by atoms with Crippen molar-refractivity contribution in [3.63, 3.8) is 0 Å². The summed E-state index contributed by atoms with van der Waals surface area (Å²) in [5.74, 6) is 0. The topological polar surface area (TPSA) is 72.9 Å². The molecular weight excluding hydrogens is 288 g/mol. The first kappa shape index (κ1) is 15.0. The summed E-state index contributed by atoms with van der Waals surface area (Å²) in [5.41, 5.74) is 2.90. The van der Waals surface area contributed by atoms with Crippen molar-refractivity contribution < 1.29 is 4.74 Å². The molecule has 5 heteroatoms. The molecular formula is C18H16N4O. The molecule has 1 fully saturated rings. The average Bonchev–Trinajstić information content (AvgIpc) is 3.08. The van der Waals surface area contributed by atoms with E-state index in [9.17, 15) is 10.5 Å². The minimum absolute atomic E-state index is 0.0986. The van der Waals surface area contributed by atoms with E-state index in [0.717, 1.165) is 24.2 Å². The maximum absolute atomic E-state index is 9.29. The van der Waals surface area contributed by atoms with Gasteiger partial charge in [-0.2, -0.15) is 10.5 Å². The number of para-hydroxylation sites is 1. The van der Waals surface area contributed by atoms with Gasteiger partial charge in [0.2, 0.25) is 0 Å². The van der Waals surface area contributed by atoms with Gasteiger partial charge in [0, 0.05) is 25.5 Å². The summed E-state index contributed by atoms with van der Waals surface area (Å²) in [7, 11) is 0. The van der Waals surface area contributed by atoms with Gasteiger partial charge < -0.3 is 9.64 Å². The van der Waals surface area contributed by atoms with Crippen LogP contribution < -0.4 is 4.90 Å². The highest BCUT2D eigenvalue weighted by molar-refractivity contribution is 5.68. The normalized spacial score (nSPS) is 16.8. The number of aromatic nitrogens is 1. The number of benzene rings is 1. The maximum atomic E-state index is 9.29. The van der Waals surface area contributed by atoms with E-state index in [1.54, 1.807) is 30.6 Å². The third kappa shape index (κ3) is 3.31. The summed E-state index contributed by atoms with van der Waals surface area (Å²) in [6, 6.07) is 13.5. The highest BCUT2D eigenvalue weighted by Crippen LogP contribution is 2.29. The highest BCUT2D eigenvalue weighted by Gasteiger charge is 2.26. The lowest BCUT2D eigenvalue weighted by Gasteiger charge is -2.21. The molecule has 0 N–H and O–H groups in total. The molecule has 0 spiro atoms. The van der Waals surface area contributed by atoms with Crippen LogP contribution >= 0.6 is 0 Å². The fourth-order valence-electron chi connectivity index (χ4n) is 2.83. The molecule has 23 heavy (non-hydrogen) atoms. The van der Waals surface area contributed by atoms with Crippen molar-refractivity contribution in [2.24, 2.45) is 0 Å². The number of hydrogen-bond donors (Lipinski definition) is 0. The first-order valence-corrected chi connectivity index (χ1v) is 7.50. The predicted octanol–water partition coefficient (Wildman–Crippen LogP) is 2.62. The van der Waals surface area contributed by atoms with Gasteiger partial charge in [-0.3, -0.25) is 4.98 Å². The van der Waals surface area contributed by atoms with Crippen LogP contribution in [0.3, 0.4) is 0 Å². The second-order valence-corrected chi connectivity index (χ2v) is 5.45. The predicted molar refractivity (Wildman–Crippen MR) is 85.5 cm³/mol. The second kappa shape index (κ2) is 6.91. The molecule has 1 aliphatic heterocycles. The lowest BCUT2D eigenvalue weighted by atomic mass is 10.1. The molecule has 1 atom stereocenters. The Balaban J connectivity index is 1.69. The molecule has 1 unspecified atom stereocenters. The Morgan fingerprint density at radius 1 is 1.13 bits per heavy atom. The fraction of sp³-hybridized carbons (Fsp3) is 0.278. The molecule has 3 rings (SSSR count). The van der Waals surface area contributed by atoms with Crippen molar-refractivity contribution in [1.82, 2.24) is 4.98 Å². The van der Waals surface area contributed by atoms with E-state index in [-0.39, 0.29) is 6.10 Å². The van der Waals surface area contributed by atoms with Crippen molar-refractivity contribution in [2.45, 2.75) is 19.1 Å². The van der Waals surface area contributed by atoms with Crippen molar-refractivity contribution in [3.05, 3.63) is 59.4 Å². The van der Waals surface area contributed by atoms with Gasteiger partial charge in [-0.25, -0.2) is 0 Å². The van der Waals surface area contributed by atoms with E-state index in [1.165, 1.54) is 0 Å². The average molecular weight is 304 g/mol. The number of ether oxygens (including phenoxy) is 1. The Kier molecular flexibility index (Phi) is 4.52. The molecule has 2 aromatic rings. The van der Waals surface area contributed by atoms with Crippen molar-refractivity contribution in [1.29, 1.82) is 10.5 Å². The number of nitrogens with zero attached hydrogens (tertiary/aromatic N) is 4. The molecule has 0 bridgehead atoms. The van der Waals surface area contributed by atoms with Crippen LogP contribution in [0.2, 0.25) is 0 Å². The van der Waals surface area contributed by atoms with Gasteiger partial charge >= 0.3 is 0 Å². The van der Waals surface area contributed by atoms with Crippen LogP contribution in [0.25, 0.3) is 0 Å². The standard InChI is InChI=1S/C18H16N4O/c19-10-15-2-1-3-16(11-20)18(15)22-9-6-17(12-22)23-13-14-4-7-21-8-5-14/h1-5,7-8,17H,6,9,12-13H2. The zero-order chi connectivity index (χ0) is 16.1. The van der Waals surface area contributed by atoms with Crippen LogP contribution in [-0.2, 0) is 11.3 Å². The number of anilines is 1. The van der Waals surface area contributed by atoms with Crippen LogP contribution in [0.1, 0.15) is 23.1 Å². The van der Waals surface area contributed by atoms with Crippen molar-refractivity contribution in [3.8, 4) is 12.1 Å². The molecule has 114 valence electrons. The molecule has 0 saturated carbocycles. The van der Waals surface area contributed by atoms with Gasteiger partial charge in [-0.1, -0.05) is 6.07 Å². The Hall–Kier alpha value is -2.89. The third-order valence-electron chi connectivity index (χ3n) is 3.97. The van der Waals surface area contributed by atoms with Gasteiger partial charge in [-0.15, -0.1) is 0 Å². The fourth-order valence-corrected chi connectivity index (χ4v) is 2.83. The van der Waals surface area contributed by atoms with E-state index in [1.807, 2.05) is 12.1 Å². The number of rotatable bonds is 4. The number of nitriles is 2. The Morgan fingerprint density at radius 2 is 1.83 bits per heavy atom. The van der Waals surface area contributed by atoms with Gasteiger partial charge in [0.15, 0.2) is 0 Å². The van der Waals surface area contributed by atoms with Crippen LogP contribution in [0.15, 0.2) is 42.7 Å². The van der Waals surface area contributed by atoms with Crippen LogP contribution in [0, 0.1) is 22.7 Å². The quantitative estimate of drug-likeness (QED) is 0.868. The molecule has 5 nitrogen and oxygen atoms in total. The Labute approximate surface area is 135 Å². The largest absolute Gasteiger partial charge is 0.372 e. The monoisotopic (exact) mass is 304 g/mol. The first-order chi connectivity index (χ1) is 11.3. The van der Waals surface area contributed by atoms with E-state index >= 15 is 0 Å². The van der Waals surface area contributed by atoms with Gasteiger partial charge in [0.1, 0.15) is 12.1 Å². The van der Waals surface area contributed by atoms with E-state index in [2.05, 4.69) is 22.0 Å². The van der Waals surface area contributed by atoms with Crippen molar-refractivity contribution in [2.75, 3.05) is 18.0 Å². The summed E-state index contributed by atoms with van der Waals surface area (Å²) in [4.78, 5) is 6.07. The zero-order valence-corrected chi connectivity index (χ0v) is 12.6. The maximum Gasteiger partial charge on any atom is 0.101 e. The van der Waals surface area contributed by atoms with Crippen LogP contribution in [-0.4, -0.2) is 24.2 Å². The van der Waals surface area contributed by atoms with Crippen LogP contribution in [0.4, 0.5) is 5.69 Å². The van der Waals surface area contributed by atoms with Gasteiger partial charge in [0.05, 0.1) is 29.5 Å². The van der Waals surface area contributed by atoms with Gasteiger partial charge in [0.25, 0.3) is 0 Å². The minimum atomic E-state index is 0.0986. The Bertz CT molecular complexity index is 729. The first-order valence-electron chi connectivity index (χ1n) is 7.50. The summed E-state index contributed by atoms with van der Waals surface area (Å²) >= 11 is 0. The summed E-state index contributed by atoms with van der Waals surface area (Å²) in [5, 5.41) is 18.6. The second-order valence-electron chi connectivity index (χ2n) is 5.45. The molecule has 1 aromatic carbocycles. The number of pyridine rings is 1. The Morgan fingerprint density at radius 3 is 2.48 bits per heavy atom. The van der Waals surface area contributed by atoms with Crippen LogP contribution in [0.5, 0.6) is 0 Å². The third-order valence-corrected chi connectivity index (χ3v) is 3.97. The lowest BCUT2D eigenvalue weighted by molar-refractivity contribution is 0.0553. The molecule has 1 saturated heterocycles. The SMILES string of the molecule is N#Cc1cccc(C#N)c1N1CCC(OCc2ccncc2)C1. The van der Waals surface area contributed by atoms with E-state index in [0.29, 0.717) is 24.3 Å². The highest BCUT2D eigenvalue weighted by atomic mass is 16.5. The van der Waals surface area contributed by atoms with E-state index < -0.39 is 0 Å².